The lowest BCUT2D eigenvalue weighted by atomic mass is 10.0. The van der Waals surface area contributed by atoms with Crippen molar-refractivity contribution in [2.75, 3.05) is 19.6 Å². The average molecular weight is 567 g/mol. The maximum atomic E-state index is 13.6. The fraction of sp³-hybridized carbons (Fsp3) is 0.484. The standard InChI is InChI=1S/C31H42N4O6/c1-31(2,3)41-30(39)34-26(20-23-12-6-4-7-13-23)28(37)35-19-11-16-25(35)21-33-27(36)17-10-18-32-29(38)40-22-24-14-8-5-9-15-24/h4-9,12-15,25-26H,10-11,16-22H2,1-3H3,(H,32,38)(H,33,36)(H,34,39)/t25-,26+/m0/s1. The molecule has 2 aromatic carbocycles. The molecule has 10 nitrogen and oxygen atoms in total. The van der Waals surface area contributed by atoms with Crippen molar-refractivity contribution < 1.29 is 28.7 Å². The molecule has 0 aromatic heterocycles. The van der Waals surface area contributed by atoms with Gasteiger partial charge in [0, 0.05) is 38.5 Å². The van der Waals surface area contributed by atoms with E-state index in [1.807, 2.05) is 60.7 Å². The summed E-state index contributed by atoms with van der Waals surface area (Å²) in [5, 5.41) is 8.33. The van der Waals surface area contributed by atoms with Crippen molar-refractivity contribution >= 4 is 24.0 Å². The van der Waals surface area contributed by atoms with E-state index in [4.69, 9.17) is 9.47 Å². The molecular formula is C31H42N4O6. The molecule has 1 heterocycles. The van der Waals surface area contributed by atoms with Gasteiger partial charge in [0.2, 0.25) is 11.8 Å². The van der Waals surface area contributed by atoms with Crippen LogP contribution >= 0.6 is 0 Å². The van der Waals surface area contributed by atoms with Gasteiger partial charge < -0.3 is 30.3 Å². The Morgan fingerprint density at radius 1 is 0.927 bits per heavy atom. The van der Waals surface area contributed by atoms with Gasteiger partial charge in [-0.2, -0.15) is 0 Å². The molecule has 2 atom stereocenters. The zero-order valence-electron chi connectivity index (χ0n) is 24.2. The van der Waals surface area contributed by atoms with Crippen LogP contribution in [0.3, 0.4) is 0 Å². The molecule has 0 bridgehead atoms. The molecule has 0 spiro atoms. The Morgan fingerprint density at radius 2 is 1.59 bits per heavy atom. The molecule has 0 aliphatic carbocycles. The predicted octanol–water partition coefficient (Wildman–Crippen LogP) is 3.94. The van der Waals surface area contributed by atoms with Crippen LogP contribution in [0.25, 0.3) is 0 Å². The van der Waals surface area contributed by atoms with Gasteiger partial charge in [0.25, 0.3) is 0 Å². The van der Waals surface area contributed by atoms with Gasteiger partial charge in [-0.15, -0.1) is 0 Å². The van der Waals surface area contributed by atoms with Crippen molar-refractivity contribution in [1.82, 2.24) is 20.9 Å². The summed E-state index contributed by atoms with van der Waals surface area (Å²) >= 11 is 0. The molecule has 1 aliphatic heterocycles. The number of hydrogen-bond acceptors (Lipinski definition) is 6. The highest BCUT2D eigenvalue weighted by Gasteiger charge is 2.35. The third-order valence-electron chi connectivity index (χ3n) is 6.53. The van der Waals surface area contributed by atoms with Crippen LogP contribution < -0.4 is 16.0 Å². The molecule has 0 unspecified atom stereocenters. The molecule has 3 rings (SSSR count). The minimum Gasteiger partial charge on any atom is -0.445 e. The van der Waals surface area contributed by atoms with Crippen molar-refractivity contribution in [2.24, 2.45) is 0 Å². The Bertz CT molecular complexity index is 1140. The summed E-state index contributed by atoms with van der Waals surface area (Å²) in [6.45, 7) is 6.68. The minimum absolute atomic E-state index is 0.156. The van der Waals surface area contributed by atoms with Crippen LogP contribution in [-0.2, 0) is 32.1 Å². The van der Waals surface area contributed by atoms with Crippen molar-refractivity contribution in [3.05, 3.63) is 71.8 Å². The summed E-state index contributed by atoms with van der Waals surface area (Å²) in [6.07, 6.45) is 1.41. The SMILES string of the molecule is CC(C)(C)OC(=O)N[C@H](Cc1ccccc1)C(=O)N1CCC[C@H]1CNC(=O)CCCNC(=O)OCc1ccccc1. The molecule has 1 aliphatic rings. The lowest BCUT2D eigenvalue weighted by molar-refractivity contribution is -0.134. The molecule has 2 aromatic rings. The summed E-state index contributed by atoms with van der Waals surface area (Å²) in [5.74, 6) is -0.355. The summed E-state index contributed by atoms with van der Waals surface area (Å²) < 4.78 is 10.6. The van der Waals surface area contributed by atoms with Crippen molar-refractivity contribution in [3.63, 3.8) is 0 Å². The Kier molecular flexibility index (Phi) is 12.0. The van der Waals surface area contributed by atoms with Gasteiger partial charge in [-0.25, -0.2) is 9.59 Å². The van der Waals surface area contributed by atoms with Crippen LogP contribution in [0, 0.1) is 0 Å². The summed E-state index contributed by atoms with van der Waals surface area (Å²) in [6, 6.07) is 17.9. The normalized spacial score (nSPS) is 15.5. The van der Waals surface area contributed by atoms with Crippen molar-refractivity contribution in [2.45, 2.75) is 77.2 Å². The van der Waals surface area contributed by atoms with Gasteiger partial charge in [0.15, 0.2) is 0 Å². The second kappa shape index (κ2) is 15.6. The molecule has 4 amide bonds. The van der Waals surface area contributed by atoms with E-state index in [1.165, 1.54) is 0 Å². The van der Waals surface area contributed by atoms with E-state index in [2.05, 4.69) is 16.0 Å². The van der Waals surface area contributed by atoms with E-state index in [0.29, 0.717) is 32.5 Å². The fourth-order valence-electron chi connectivity index (χ4n) is 4.57. The molecule has 10 heteroatoms. The highest BCUT2D eigenvalue weighted by atomic mass is 16.6. The van der Waals surface area contributed by atoms with Gasteiger partial charge in [0.1, 0.15) is 18.2 Å². The number of carbonyl (C=O) groups excluding carboxylic acids is 4. The van der Waals surface area contributed by atoms with E-state index in [-0.39, 0.29) is 30.9 Å². The molecule has 0 saturated carbocycles. The zero-order chi connectivity index (χ0) is 29.7. The number of rotatable bonds is 12. The summed E-state index contributed by atoms with van der Waals surface area (Å²) in [7, 11) is 0. The lowest BCUT2D eigenvalue weighted by Gasteiger charge is -2.30. The van der Waals surface area contributed by atoms with Gasteiger partial charge in [-0.3, -0.25) is 9.59 Å². The quantitative estimate of drug-likeness (QED) is 0.334. The number of alkyl carbamates (subject to hydrolysis) is 2. The minimum atomic E-state index is -0.795. The Hall–Kier alpha value is -4.08. The van der Waals surface area contributed by atoms with Crippen molar-refractivity contribution in [1.29, 1.82) is 0 Å². The smallest absolute Gasteiger partial charge is 0.408 e. The number of ether oxygens (including phenoxy) is 2. The van der Waals surface area contributed by atoms with E-state index in [0.717, 1.165) is 24.0 Å². The zero-order valence-corrected chi connectivity index (χ0v) is 24.2. The molecule has 1 fully saturated rings. The number of nitrogens with zero attached hydrogens (tertiary/aromatic N) is 1. The number of amides is 4. The molecule has 3 N–H and O–H groups in total. The summed E-state index contributed by atoms with van der Waals surface area (Å²) in [5.41, 5.74) is 1.13. The lowest BCUT2D eigenvalue weighted by Crippen LogP contribution is -2.53. The van der Waals surface area contributed by atoms with E-state index < -0.39 is 23.8 Å². The van der Waals surface area contributed by atoms with Crippen LogP contribution in [0.2, 0.25) is 0 Å². The third-order valence-corrected chi connectivity index (χ3v) is 6.53. The number of benzene rings is 2. The topological polar surface area (TPSA) is 126 Å². The third kappa shape index (κ3) is 11.5. The molecular weight excluding hydrogens is 524 g/mol. The first-order valence-electron chi connectivity index (χ1n) is 14.2. The molecule has 0 radical (unpaired) electrons. The number of carbonyl (C=O) groups is 4. The first-order chi connectivity index (χ1) is 19.6. The van der Waals surface area contributed by atoms with Crippen molar-refractivity contribution in [3.8, 4) is 0 Å². The van der Waals surface area contributed by atoms with Gasteiger partial charge >= 0.3 is 12.2 Å². The Labute approximate surface area is 242 Å². The first kappa shape index (κ1) is 31.4. The highest BCUT2D eigenvalue weighted by Crippen LogP contribution is 2.19. The molecule has 1 saturated heterocycles. The van der Waals surface area contributed by atoms with Gasteiger partial charge in [-0.05, 0) is 51.2 Å². The van der Waals surface area contributed by atoms with Gasteiger partial charge in [0.05, 0.1) is 0 Å². The number of hydrogen-bond donors (Lipinski definition) is 3. The molecule has 222 valence electrons. The Balaban J connectivity index is 1.44. The number of nitrogens with one attached hydrogen (secondary N) is 3. The van der Waals surface area contributed by atoms with E-state index in [9.17, 15) is 19.2 Å². The maximum absolute atomic E-state index is 13.6. The second-order valence-electron chi connectivity index (χ2n) is 11.1. The summed E-state index contributed by atoms with van der Waals surface area (Å²) in [4.78, 5) is 52.2. The Morgan fingerprint density at radius 3 is 2.24 bits per heavy atom. The van der Waals surface area contributed by atoms with E-state index in [1.54, 1.807) is 25.7 Å². The highest BCUT2D eigenvalue weighted by molar-refractivity contribution is 5.86. The number of likely N-dealkylation sites (tertiary alicyclic amines) is 1. The van der Waals surface area contributed by atoms with Crippen LogP contribution in [0.5, 0.6) is 0 Å². The predicted molar refractivity (Wildman–Crippen MR) is 155 cm³/mol. The maximum Gasteiger partial charge on any atom is 0.408 e. The second-order valence-corrected chi connectivity index (χ2v) is 11.1. The average Bonchev–Trinajstić information content (AvgIpc) is 3.41. The van der Waals surface area contributed by atoms with E-state index >= 15 is 0 Å². The fourth-order valence-corrected chi connectivity index (χ4v) is 4.57. The van der Waals surface area contributed by atoms with Crippen LogP contribution in [0.1, 0.15) is 57.6 Å². The van der Waals surface area contributed by atoms with Crippen LogP contribution in [-0.4, -0.2) is 66.2 Å². The van der Waals surface area contributed by atoms with Crippen LogP contribution in [0.15, 0.2) is 60.7 Å². The monoisotopic (exact) mass is 566 g/mol. The van der Waals surface area contributed by atoms with Gasteiger partial charge in [-0.1, -0.05) is 60.7 Å². The molecule has 41 heavy (non-hydrogen) atoms. The van der Waals surface area contributed by atoms with Crippen LogP contribution in [0.4, 0.5) is 9.59 Å². The largest absolute Gasteiger partial charge is 0.445 e. The first-order valence-corrected chi connectivity index (χ1v) is 14.2.